The Balaban J connectivity index is 1.60. The molecule has 364 valence electrons. The molecule has 22 atom stereocenters. The molecule has 4 rings (SSSR count). The van der Waals surface area contributed by atoms with Crippen molar-refractivity contribution in [1.82, 2.24) is 10.6 Å². The number of aliphatic carboxylic acids is 2. The molecule has 18 N–H and O–H groups in total. The van der Waals surface area contributed by atoms with Gasteiger partial charge in [-0.25, -0.2) is 9.59 Å². The van der Waals surface area contributed by atoms with E-state index in [1.807, 2.05) is 0 Å². The predicted molar refractivity (Wildman–Crippen MR) is 191 cm³/mol. The Kier molecular flexibility index (Phi) is 18.0. The third-order valence-corrected chi connectivity index (χ3v) is 11.0. The van der Waals surface area contributed by atoms with Crippen LogP contribution in [0.4, 0.5) is 0 Å². The minimum Gasteiger partial charge on any atom is -0.477 e. The number of amides is 2. The lowest BCUT2D eigenvalue weighted by Gasteiger charge is -2.50. The molecule has 29 heteroatoms. The van der Waals surface area contributed by atoms with E-state index in [1.54, 1.807) is 0 Å². The minimum absolute atomic E-state index is 0.785. The molecular weight excluding hydrogens is 868 g/mol. The van der Waals surface area contributed by atoms with Gasteiger partial charge in [0.15, 0.2) is 12.6 Å². The van der Waals surface area contributed by atoms with Crippen LogP contribution in [0.1, 0.15) is 26.7 Å². The van der Waals surface area contributed by atoms with Crippen molar-refractivity contribution < 1.29 is 134 Å². The number of carbonyl (C=O) groups excluding carboxylic acids is 2. The molecule has 4 saturated heterocycles. The first-order valence-electron chi connectivity index (χ1n) is 19.3. The fourth-order valence-corrected chi connectivity index (χ4v) is 7.64. The van der Waals surface area contributed by atoms with Gasteiger partial charge < -0.3 is 125 Å². The molecular formula is C34H56N2O27. The zero-order valence-electron chi connectivity index (χ0n) is 33.4. The van der Waals surface area contributed by atoms with E-state index in [0.717, 1.165) is 13.8 Å². The Hall–Kier alpha value is -2.96. The van der Waals surface area contributed by atoms with Gasteiger partial charge >= 0.3 is 11.9 Å². The number of rotatable bonds is 18. The molecule has 0 aliphatic carbocycles. The normalized spacial score (nSPS) is 42.9. The zero-order valence-corrected chi connectivity index (χ0v) is 33.4. The number of ether oxygens (including phenoxy) is 7. The number of carbonyl (C=O) groups is 4. The number of carboxylic acids is 2. The van der Waals surface area contributed by atoms with Crippen LogP contribution in [0, 0.1) is 0 Å². The molecule has 0 saturated carbocycles. The molecule has 0 aromatic rings. The molecule has 0 aromatic heterocycles. The molecule has 4 aliphatic rings. The molecule has 1 unspecified atom stereocenters. The van der Waals surface area contributed by atoms with Crippen LogP contribution in [0.15, 0.2) is 0 Å². The number of hydrogen-bond donors (Lipinski definition) is 18. The molecule has 4 aliphatic heterocycles. The Morgan fingerprint density at radius 2 is 1.11 bits per heavy atom. The van der Waals surface area contributed by atoms with E-state index < -0.39 is 197 Å². The van der Waals surface area contributed by atoms with Gasteiger partial charge in [0, 0.05) is 26.7 Å². The van der Waals surface area contributed by atoms with Crippen molar-refractivity contribution in [1.29, 1.82) is 0 Å². The first kappa shape index (κ1) is 52.7. The van der Waals surface area contributed by atoms with Crippen LogP contribution < -0.4 is 10.6 Å². The highest BCUT2D eigenvalue weighted by atomic mass is 16.8. The van der Waals surface area contributed by atoms with Crippen LogP contribution in [0.2, 0.25) is 0 Å². The topological polar surface area (TPSA) is 481 Å². The highest BCUT2D eigenvalue weighted by molar-refractivity contribution is 5.77. The summed E-state index contributed by atoms with van der Waals surface area (Å²) in [6, 6.07) is -3.22. The molecule has 0 spiro atoms. The van der Waals surface area contributed by atoms with E-state index in [2.05, 4.69) is 10.6 Å². The van der Waals surface area contributed by atoms with Gasteiger partial charge in [0.2, 0.25) is 11.8 Å². The van der Waals surface area contributed by atoms with Crippen molar-refractivity contribution in [2.24, 2.45) is 0 Å². The van der Waals surface area contributed by atoms with Crippen LogP contribution in [-0.4, -0.2) is 266 Å². The minimum atomic E-state index is -3.18. The fraction of sp³-hybridized carbons (Fsp3) is 0.882. The molecule has 0 aromatic carbocycles. The first-order valence-corrected chi connectivity index (χ1v) is 19.3. The average Bonchev–Trinajstić information content (AvgIpc) is 3.22. The second kappa shape index (κ2) is 21.6. The lowest BCUT2D eigenvalue weighted by Crippen LogP contribution is -2.71. The summed E-state index contributed by atoms with van der Waals surface area (Å²) in [5.41, 5.74) is 0. The quantitative estimate of drug-likeness (QED) is 0.0607. The van der Waals surface area contributed by atoms with Gasteiger partial charge in [0.05, 0.1) is 50.7 Å². The third-order valence-electron chi connectivity index (χ3n) is 11.0. The summed E-state index contributed by atoms with van der Waals surface area (Å²) < 4.78 is 38.3. The highest BCUT2D eigenvalue weighted by Gasteiger charge is 2.61. The summed E-state index contributed by atoms with van der Waals surface area (Å²) in [6.45, 7) is -2.46. The number of carboxylic acid groups (broad SMARTS) is 2. The van der Waals surface area contributed by atoms with E-state index in [0.29, 0.717) is 0 Å². The van der Waals surface area contributed by atoms with E-state index >= 15 is 0 Å². The average molecular weight is 925 g/mol. The summed E-state index contributed by atoms with van der Waals surface area (Å²) in [5, 5.41) is 173. The van der Waals surface area contributed by atoms with Gasteiger partial charge in [0.25, 0.3) is 11.6 Å². The molecule has 4 fully saturated rings. The molecule has 2 amide bonds. The van der Waals surface area contributed by atoms with Gasteiger partial charge in [-0.1, -0.05) is 0 Å². The van der Waals surface area contributed by atoms with Crippen LogP contribution in [0.3, 0.4) is 0 Å². The van der Waals surface area contributed by atoms with Crippen molar-refractivity contribution in [3.05, 3.63) is 0 Å². The Labute approximate surface area is 355 Å². The van der Waals surface area contributed by atoms with E-state index in [9.17, 15) is 101 Å². The maximum Gasteiger partial charge on any atom is 0.364 e. The Morgan fingerprint density at radius 1 is 0.651 bits per heavy atom. The summed E-state index contributed by atoms with van der Waals surface area (Å²) in [4.78, 5) is 49.2. The Bertz CT molecular complexity index is 1570. The van der Waals surface area contributed by atoms with E-state index in [4.69, 9.17) is 33.2 Å². The highest BCUT2D eigenvalue weighted by Crippen LogP contribution is 2.39. The van der Waals surface area contributed by atoms with Gasteiger partial charge in [-0.3, -0.25) is 9.59 Å². The van der Waals surface area contributed by atoms with Crippen LogP contribution in [0.25, 0.3) is 0 Å². The van der Waals surface area contributed by atoms with Crippen LogP contribution in [-0.2, 0) is 52.3 Å². The van der Waals surface area contributed by atoms with Crippen LogP contribution in [0.5, 0.6) is 0 Å². The standard InChI is InChI=1S/C34H56N2O27/c1-9(40)35-17-11(42)3-33(31(53)54,61-25(17)19(46)13(44)5-37)57-8-16-22(49)27(23(50)29(52)58-16)60-30-24(51)28(21(48)15(7-39)59-30)63-34(32(55)56)4-12(43)18(36-10(2)41)26(62-34)20(47)14(45)6-38/h11-30,37-39,42-52H,3-8H2,1-2H3,(H,35,40)(H,36,41)(H,53,54)(H,55,56)/t11-,12-,13+,14+,15+,16+,17+,18+,19+,20+,21-,22-,23+,24+,25+,26+,27-,28-,29?,30-,33+,34-/m0/s1. The van der Waals surface area contributed by atoms with Gasteiger partial charge in [-0.2, -0.15) is 0 Å². The summed E-state index contributed by atoms with van der Waals surface area (Å²) in [5.74, 6) is -11.8. The first-order chi connectivity index (χ1) is 29.4. The van der Waals surface area contributed by atoms with Crippen molar-refractivity contribution in [3.63, 3.8) is 0 Å². The second-order valence-electron chi connectivity index (χ2n) is 15.5. The zero-order chi connectivity index (χ0) is 47.5. The maximum absolute atomic E-state index is 12.8. The summed E-state index contributed by atoms with van der Waals surface area (Å²) >= 11 is 0. The molecule has 0 radical (unpaired) electrons. The lowest BCUT2D eigenvalue weighted by atomic mass is 9.88. The smallest absolute Gasteiger partial charge is 0.364 e. The van der Waals surface area contributed by atoms with Gasteiger partial charge in [-0.05, 0) is 0 Å². The van der Waals surface area contributed by atoms with Crippen molar-refractivity contribution in [2.45, 2.75) is 161 Å². The van der Waals surface area contributed by atoms with Crippen molar-refractivity contribution in [3.8, 4) is 0 Å². The summed E-state index contributed by atoms with van der Waals surface area (Å²) in [7, 11) is 0. The Morgan fingerprint density at radius 3 is 1.56 bits per heavy atom. The fourth-order valence-electron chi connectivity index (χ4n) is 7.64. The van der Waals surface area contributed by atoms with Crippen molar-refractivity contribution >= 4 is 23.8 Å². The second-order valence-corrected chi connectivity index (χ2v) is 15.5. The lowest BCUT2D eigenvalue weighted by molar-refractivity contribution is -0.387. The van der Waals surface area contributed by atoms with Gasteiger partial charge in [0.1, 0.15) is 85.5 Å². The van der Waals surface area contributed by atoms with E-state index in [-0.39, 0.29) is 0 Å². The SMILES string of the molecule is CC(=O)N[C@H]1[C@H]([C@H](O)[C@H](O)CO)O[C@@](OC[C@H]2OC(O)[C@H](O)[C@@H](O[C@@H]3O[C@H](CO)[C@H](O)[C@H](O[C@]4(C(=O)O)C[C@H](O)[C@@H](NC(C)=O)[C@H]([C@H](O)[C@H](O)CO)O4)[C@H]3O)[C@H]2O)(C(=O)O)C[C@@H]1O. The van der Waals surface area contributed by atoms with Crippen LogP contribution >= 0.6 is 0 Å². The summed E-state index contributed by atoms with van der Waals surface area (Å²) in [6.07, 6.45) is -40.4. The molecule has 29 nitrogen and oxygen atoms in total. The number of aliphatic hydroxyl groups excluding tert-OH is 14. The third kappa shape index (κ3) is 11.4. The van der Waals surface area contributed by atoms with E-state index in [1.165, 1.54) is 0 Å². The molecule has 63 heavy (non-hydrogen) atoms. The number of nitrogens with one attached hydrogen (secondary N) is 2. The van der Waals surface area contributed by atoms with Gasteiger partial charge in [-0.15, -0.1) is 0 Å². The number of aliphatic hydroxyl groups is 14. The maximum atomic E-state index is 12.8. The predicted octanol–water partition coefficient (Wildman–Crippen LogP) is -11.0. The molecule has 0 bridgehead atoms. The number of hydrogen-bond acceptors (Lipinski definition) is 25. The monoisotopic (exact) mass is 924 g/mol. The van der Waals surface area contributed by atoms with Crippen molar-refractivity contribution in [2.75, 3.05) is 26.4 Å². The molecule has 4 heterocycles. The largest absolute Gasteiger partial charge is 0.477 e.